The Hall–Kier alpha value is -0.860. The predicted molar refractivity (Wildman–Crippen MR) is 66.4 cm³/mol. The number of hydrogen-bond donors (Lipinski definition) is 1. The highest BCUT2D eigenvalue weighted by Gasteiger charge is 2.25. The van der Waals surface area contributed by atoms with Crippen molar-refractivity contribution in [3.63, 3.8) is 0 Å². The zero-order valence-electron chi connectivity index (χ0n) is 9.97. The summed E-state index contributed by atoms with van der Waals surface area (Å²) in [5.74, 6) is 0.498. The minimum Gasteiger partial charge on any atom is -0.396 e. The fourth-order valence-electron chi connectivity index (χ4n) is 2.50. The van der Waals surface area contributed by atoms with Crippen LogP contribution in [0.5, 0.6) is 0 Å². The molecule has 0 aliphatic carbocycles. The molecule has 0 saturated carbocycles. The van der Waals surface area contributed by atoms with Crippen molar-refractivity contribution in [1.29, 1.82) is 0 Å². The summed E-state index contributed by atoms with van der Waals surface area (Å²) in [4.78, 5) is 2.49. The highest BCUT2D eigenvalue weighted by atomic mass is 16.3. The Kier molecular flexibility index (Phi) is 3.97. The van der Waals surface area contributed by atoms with Crippen molar-refractivity contribution in [2.45, 2.75) is 25.8 Å². The van der Waals surface area contributed by atoms with Crippen LogP contribution in [0.4, 0.5) is 0 Å². The molecule has 2 rings (SSSR count). The van der Waals surface area contributed by atoms with Crippen LogP contribution in [0.15, 0.2) is 30.3 Å². The molecule has 88 valence electrons. The zero-order valence-corrected chi connectivity index (χ0v) is 9.97. The number of nitrogens with zero attached hydrogens (tertiary/aromatic N) is 1. The van der Waals surface area contributed by atoms with Gasteiger partial charge < -0.3 is 5.11 Å². The molecule has 0 unspecified atom stereocenters. The second-order valence-corrected chi connectivity index (χ2v) is 4.87. The van der Waals surface area contributed by atoms with Gasteiger partial charge >= 0.3 is 0 Å². The van der Waals surface area contributed by atoms with Crippen LogP contribution >= 0.6 is 0 Å². The van der Waals surface area contributed by atoms with E-state index >= 15 is 0 Å². The summed E-state index contributed by atoms with van der Waals surface area (Å²) in [7, 11) is 0. The molecule has 0 bridgehead atoms. The number of rotatable bonds is 4. The van der Waals surface area contributed by atoms with Crippen LogP contribution in [0.2, 0.25) is 0 Å². The van der Waals surface area contributed by atoms with Gasteiger partial charge in [0, 0.05) is 19.2 Å². The fraction of sp³-hybridized carbons (Fsp3) is 0.571. The van der Waals surface area contributed by atoms with Crippen LogP contribution in [0.25, 0.3) is 0 Å². The molecule has 1 heterocycles. The molecule has 2 atom stereocenters. The van der Waals surface area contributed by atoms with Gasteiger partial charge in [-0.15, -0.1) is 0 Å². The molecule has 1 saturated heterocycles. The van der Waals surface area contributed by atoms with Crippen LogP contribution < -0.4 is 0 Å². The smallest absolute Gasteiger partial charge is 0.0471 e. The molecule has 0 spiro atoms. The van der Waals surface area contributed by atoms with E-state index in [4.69, 9.17) is 5.11 Å². The molecule has 0 aromatic heterocycles. The lowest BCUT2D eigenvalue weighted by Crippen LogP contribution is -2.32. The van der Waals surface area contributed by atoms with Gasteiger partial charge in [-0.05, 0) is 37.8 Å². The summed E-state index contributed by atoms with van der Waals surface area (Å²) in [6.45, 7) is 4.82. The molecule has 0 amide bonds. The molecule has 1 aliphatic heterocycles. The maximum absolute atomic E-state index is 9.13. The Morgan fingerprint density at radius 1 is 1.38 bits per heavy atom. The van der Waals surface area contributed by atoms with E-state index in [9.17, 15) is 0 Å². The molecular weight excluding hydrogens is 198 g/mol. The summed E-state index contributed by atoms with van der Waals surface area (Å²) in [6.07, 6.45) is 2.26. The van der Waals surface area contributed by atoms with E-state index in [-0.39, 0.29) is 0 Å². The largest absolute Gasteiger partial charge is 0.396 e. The van der Waals surface area contributed by atoms with Gasteiger partial charge in [0.15, 0.2) is 0 Å². The first-order valence-electron chi connectivity index (χ1n) is 6.18. The van der Waals surface area contributed by atoms with Gasteiger partial charge in [0.1, 0.15) is 0 Å². The van der Waals surface area contributed by atoms with E-state index in [0.29, 0.717) is 18.6 Å². The fourth-order valence-corrected chi connectivity index (χ4v) is 2.50. The Morgan fingerprint density at radius 2 is 2.12 bits per heavy atom. The molecule has 1 fully saturated rings. The molecule has 0 radical (unpaired) electrons. The lowest BCUT2D eigenvalue weighted by Gasteiger charge is -2.24. The molecule has 2 heteroatoms. The topological polar surface area (TPSA) is 23.5 Å². The van der Waals surface area contributed by atoms with Crippen molar-refractivity contribution in [3.8, 4) is 0 Å². The van der Waals surface area contributed by atoms with Crippen molar-refractivity contribution in [1.82, 2.24) is 4.90 Å². The Bertz CT molecular complexity index is 312. The minimum absolute atomic E-state index is 0.342. The van der Waals surface area contributed by atoms with E-state index in [1.807, 2.05) is 0 Å². The monoisotopic (exact) mass is 219 g/mol. The van der Waals surface area contributed by atoms with Gasteiger partial charge in [0.2, 0.25) is 0 Å². The molecule has 16 heavy (non-hydrogen) atoms. The lowest BCUT2D eigenvalue weighted by atomic mass is 10.1. The van der Waals surface area contributed by atoms with Crippen LogP contribution in [0, 0.1) is 5.92 Å². The Morgan fingerprint density at radius 3 is 2.75 bits per heavy atom. The molecule has 2 nitrogen and oxygen atoms in total. The van der Waals surface area contributed by atoms with Crippen molar-refractivity contribution >= 4 is 0 Å². The number of hydrogen-bond acceptors (Lipinski definition) is 2. The second-order valence-electron chi connectivity index (χ2n) is 4.87. The molecule has 1 aliphatic rings. The van der Waals surface area contributed by atoms with Crippen LogP contribution in [0.3, 0.4) is 0 Å². The Labute approximate surface area is 97.9 Å². The molecule has 1 aromatic carbocycles. The van der Waals surface area contributed by atoms with Gasteiger partial charge in [-0.1, -0.05) is 30.3 Å². The van der Waals surface area contributed by atoms with Gasteiger partial charge in [-0.3, -0.25) is 4.90 Å². The summed E-state index contributed by atoms with van der Waals surface area (Å²) < 4.78 is 0. The van der Waals surface area contributed by atoms with E-state index in [1.54, 1.807) is 0 Å². The highest BCUT2D eigenvalue weighted by molar-refractivity contribution is 5.15. The molecule has 1 aromatic rings. The first-order valence-corrected chi connectivity index (χ1v) is 6.18. The maximum atomic E-state index is 9.13. The number of likely N-dealkylation sites (tertiary alicyclic amines) is 1. The minimum atomic E-state index is 0.342. The number of benzene rings is 1. The molecular formula is C14H21NO. The second kappa shape index (κ2) is 5.46. The number of aliphatic hydroxyl groups excluding tert-OH is 1. The normalized spacial score (nSPS) is 23.5. The lowest BCUT2D eigenvalue weighted by molar-refractivity contribution is 0.203. The first kappa shape index (κ1) is 11.6. The van der Waals surface area contributed by atoms with E-state index < -0.39 is 0 Å². The highest BCUT2D eigenvalue weighted by Crippen LogP contribution is 2.19. The zero-order chi connectivity index (χ0) is 11.4. The van der Waals surface area contributed by atoms with Crippen LogP contribution in [-0.4, -0.2) is 35.7 Å². The van der Waals surface area contributed by atoms with Gasteiger partial charge in [0.05, 0.1) is 0 Å². The standard InChI is InChI=1S/C14H21NO/c1-12(9-13-5-3-2-4-6-13)15-8-7-14(10-15)11-16/h2-6,12,14,16H,7-11H2,1H3/t12-,14-/m0/s1. The average Bonchev–Trinajstić information content (AvgIpc) is 2.79. The van der Waals surface area contributed by atoms with Crippen molar-refractivity contribution in [3.05, 3.63) is 35.9 Å². The van der Waals surface area contributed by atoms with Gasteiger partial charge in [0.25, 0.3) is 0 Å². The van der Waals surface area contributed by atoms with Crippen LogP contribution in [0.1, 0.15) is 18.9 Å². The van der Waals surface area contributed by atoms with Crippen molar-refractivity contribution < 1.29 is 5.11 Å². The maximum Gasteiger partial charge on any atom is 0.0471 e. The molecule has 1 N–H and O–H groups in total. The Balaban J connectivity index is 1.87. The van der Waals surface area contributed by atoms with Gasteiger partial charge in [-0.25, -0.2) is 0 Å². The summed E-state index contributed by atoms with van der Waals surface area (Å²) >= 11 is 0. The third-order valence-electron chi connectivity index (χ3n) is 3.57. The van der Waals surface area contributed by atoms with Crippen molar-refractivity contribution in [2.75, 3.05) is 19.7 Å². The predicted octanol–water partition coefficient (Wildman–Crippen LogP) is 1.93. The SMILES string of the molecule is C[C@@H](Cc1ccccc1)N1CC[C@H](CO)C1. The third kappa shape index (κ3) is 2.83. The third-order valence-corrected chi connectivity index (χ3v) is 3.57. The quantitative estimate of drug-likeness (QED) is 0.836. The average molecular weight is 219 g/mol. The van der Waals surface area contributed by atoms with E-state index in [0.717, 1.165) is 25.9 Å². The summed E-state index contributed by atoms with van der Waals surface area (Å²) in [5.41, 5.74) is 1.41. The van der Waals surface area contributed by atoms with E-state index in [1.165, 1.54) is 5.56 Å². The van der Waals surface area contributed by atoms with E-state index in [2.05, 4.69) is 42.2 Å². The summed E-state index contributed by atoms with van der Waals surface area (Å²) in [5, 5.41) is 9.13. The first-order chi connectivity index (χ1) is 7.79. The summed E-state index contributed by atoms with van der Waals surface area (Å²) in [6, 6.07) is 11.2. The van der Waals surface area contributed by atoms with Gasteiger partial charge in [-0.2, -0.15) is 0 Å². The van der Waals surface area contributed by atoms with Crippen molar-refractivity contribution in [2.24, 2.45) is 5.92 Å². The number of aliphatic hydroxyl groups is 1. The van der Waals surface area contributed by atoms with Crippen LogP contribution in [-0.2, 0) is 6.42 Å².